The molecular weight excluding hydrogens is 329 g/mol. The number of halogens is 2. The number of anilines is 2. The quantitative estimate of drug-likeness (QED) is 0.589. The second-order valence-electron chi connectivity index (χ2n) is 3.97. The summed E-state index contributed by atoms with van der Waals surface area (Å²) in [5, 5.41) is 2.57. The van der Waals surface area contributed by atoms with Crippen molar-refractivity contribution in [3.63, 3.8) is 0 Å². The van der Waals surface area contributed by atoms with Crippen LogP contribution in [0.5, 0.6) is 0 Å². The largest absolute Gasteiger partial charge is 0.320 e. The number of aryl methyl sites for hydroxylation is 1. The number of hydrogen-bond donors (Lipinski definition) is 3. The Labute approximate surface area is 122 Å². The molecule has 1 amide bonds. The second-order valence-corrected chi connectivity index (χ2v) is 4.82. The van der Waals surface area contributed by atoms with Crippen molar-refractivity contribution in [2.75, 3.05) is 10.7 Å². The molecular formula is C12H11BrFN5O. The minimum atomic E-state index is -0.501. The van der Waals surface area contributed by atoms with Gasteiger partial charge in [-0.1, -0.05) is 0 Å². The molecule has 2 aromatic rings. The molecule has 0 unspecified atom stereocenters. The van der Waals surface area contributed by atoms with Crippen LogP contribution in [0.15, 0.2) is 29.0 Å². The first-order valence-corrected chi connectivity index (χ1v) is 6.36. The molecule has 4 N–H and O–H groups in total. The van der Waals surface area contributed by atoms with Gasteiger partial charge in [0.1, 0.15) is 11.5 Å². The number of hydrogen-bond acceptors (Lipinski definition) is 5. The molecule has 0 radical (unpaired) electrons. The van der Waals surface area contributed by atoms with E-state index in [2.05, 4.69) is 36.6 Å². The molecule has 2 rings (SSSR count). The lowest BCUT2D eigenvalue weighted by molar-refractivity contribution is 0.102. The van der Waals surface area contributed by atoms with Crippen LogP contribution in [0.1, 0.15) is 16.1 Å². The molecule has 6 nitrogen and oxygen atoms in total. The van der Waals surface area contributed by atoms with Crippen molar-refractivity contribution in [3.05, 3.63) is 46.1 Å². The van der Waals surface area contributed by atoms with Gasteiger partial charge >= 0.3 is 0 Å². The number of rotatable bonds is 3. The van der Waals surface area contributed by atoms with Crippen LogP contribution in [0.3, 0.4) is 0 Å². The van der Waals surface area contributed by atoms with E-state index in [-0.39, 0.29) is 11.5 Å². The Morgan fingerprint density at radius 3 is 2.85 bits per heavy atom. The SMILES string of the molecule is Cc1cc(Br)c(F)cc1NC(=O)c1cncc(NN)n1. The van der Waals surface area contributed by atoms with Crippen molar-refractivity contribution in [1.29, 1.82) is 0 Å². The predicted molar refractivity (Wildman–Crippen MR) is 76.6 cm³/mol. The summed E-state index contributed by atoms with van der Waals surface area (Å²) in [5.41, 5.74) is 3.45. The van der Waals surface area contributed by atoms with Crippen molar-refractivity contribution < 1.29 is 9.18 Å². The van der Waals surface area contributed by atoms with E-state index in [0.717, 1.165) is 0 Å². The van der Waals surface area contributed by atoms with Gasteiger partial charge in [0.05, 0.1) is 16.9 Å². The zero-order chi connectivity index (χ0) is 14.7. The monoisotopic (exact) mass is 339 g/mol. The second kappa shape index (κ2) is 5.93. The van der Waals surface area contributed by atoms with Gasteiger partial charge in [0.2, 0.25) is 0 Å². The molecule has 0 spiro atoms. The van der Waals surface area contributed by atoms with Crippen LogP contribution < -0.4 is 16.6 Å². The highest BCUT2D eigenvalue weighted by Crippen LogP contribution is 2.24. The lowest BCUT2D eigenvalue weighted by atomic mass is 10.2. The highest BCUT2D eigenvalue weighted by Gasteiger charge is 2.12. The van der Waals surface area contributed by atoms with Crippen LogP contribution in [-0.4, -0.2) is 15.9 Å². The van der Waals surface area contributed by atoms with Gasteiger partial charge in [-0.15, -0.1) is 0 Å². The van der Waals surface area contributed by atoms with Crippen LogP contribution in [-0.2, 0) is 0 Å². The van der Waals surface area contributed by atoms with Gasteiger partial charge in [-0.2, -0.15) is 0 Å². The van der Waals surface area contributed by atoms with E-state index in [1.165, 1.54) is 18.5 Å². The van der Waals surface area contributed by atoms with Gasteiger partial charge < -0.3 is 10.7 Å². The fourth-order valence-electron chi connectivity index (χ4n) is 1.51. The van der Waals surface area contributed by atoms with E-state index < -0.39 is 11.7 Å². The molecule has 0 aliphatic rings. The summed E-state index contributed by atoms with van der Waals surface area (Å²) in [4.78, 5) is 19.8. The van der Waals surface area contributed by atoms with Crippen molar-refractivity contribution in [3.8, 4) is 0 Å². The van der Waals surface area contributed by atoms with Crippen molar-refractivity contribution in [1.82, 2.24) is 9.97 Å². The number of carbonyl (C=O) groups excluding carboxylic acids is 1. The van der Waals surface area contributed by atoms with Gasteiger partial charge in [0.25, 0.3) is 5.91 Å². The van der Waals surface area contributed by atoms with Gasteiger partial charge in [0, 0.05) is 5.69 Å². The van der Waals surface area contributed by atoms with Crippen LogP contribution in [0, 0.1) is 12.7 Å². The summed E-state index contributed by atoms with van der Waals surface area (Å²) in [6.45, 7) is 1.75. The Balaban J connectivity index is 2.25. The summed E-state index contributed by atoms with van der Waals surface area (Å²) in [7, 11) is 0. The van der Waals surface area contributed by atoms with E-state index in [4.69, 9.17) is 5.84 Å². The Morgan fingerprint density at radius 1 is 1.40 bits per heavy atom. The maximum Gasteiger partial charge on any atom is 0.275 e. The molecule has 0 atom stereocenters. The third kappa shape index (κ3) is 3.09. The minimum absolute atomic E-state index is 0.0724. The Morgan fingerprint density at radius 2 is 2.15 bits per heavy atom. The molecule has 20 heavy (non-hydrogen) atoms. The first-order chi connectivity index (χ1) is 9.51. The molecule has 1 heterocycles. The summed E-state index contributed by atoms with van der Waals surface area (Å²) >= 11 is 3.08. The van der Waals surface area contributed by atoms with E-state index in [1.807, 2.05) is 0 Å². The fourth-order valence-corrected chi connectivity index (χ4v) is 1.97. The Bertz CT molecular complexity index is 664. The molecule has 0 aliphatic heterocycles. The van der Waals surface area contributed by atoms with Crippen LogP contribution >= 0.6 is 15.9 Å². The van der Waals surface area contributed by atoms with Crippen molar-refractivity contribution in [2.24, 2.45) is 5.84 Å². The number of carbonyl (C=O) groups is 1. The number of hydrazine groups is 1. The van der Waals surface area contributed by atoms with Gasteiger partial charge in [-0.05, 0) is 40.5 Å². The van der Waals surface area contributed by atoms with E-state index in [0.29, 0.717) is 15.7 Å². The van der Waals surface area contributed by atoms with E-state index in [9.17, 15) is 9.18 Å². The van der Waals surface area contributed by atoms with Crippen molar-refractivity contribution in [2.45, 2.75) is 6.92 Å². The molecule has 8 heteroatoms. The fraction of sp³-hybridized carbons (Fsp3) is 0.0833. The first kappa shape index (κ1) is 14.4. The van der Waals surface area contributed by atoms with Crippen LogP contribution in [0.4, 0.5) is 15.9 Å². The number of nitrogens with two attached hydrogens (primary N) is 1. The smallest absolute Gasteiger partial charge is 0.275 e. The zero-order valence-corrected chi connectivity index (χ0v) is 12.0. The van der Waals surface area contributed by atoms with Gasteiger partial charge in [-0.3, -0.25) is 9.78 Å². The highest BCUT2D eigenvalue weighted by molar-refractivity contribution is 9.10. The maximum absolute atomic E-state index is 13.5. The summed E-state index contributed by atoms with van der Waals surface area (Å²) in [6, 6.07) is 2.81. The average molecular weight is 340 g/mol. The third-order valence-corrected chi connectivity index (χ3v) is 3.14. The Kier molecular flexibility index (Phi) is 4.26. The molecule has 0 fully saturated rings. The molecule has 1 aromatic heterocycles. The minimum Gasteiger partial charge on any atom is -0.320 e. The summed E-state index contributed by atoms with van der Waals surface area (Å²) < 4.78 is 13.8. The van der Waals surface area contributed by atoms with Crippen LogP contribution in [0.25, 0.3) is 0 Å². The van der Waals surface area contributed by atoms with Crippen molar-refractivity contribution >= 4 is 33.3 Å². The van der Waals surface area contributed by atoms with Gasteiger partial charge in [0.15, 0.2) is 5.82 Å². The molecule has 0 saturated carbocycles. The lowest BCUT2D eigenvalue weighted by Gasteiger charge is -2.09. The number of amides is 1. The molecule has 0 saturated heterocycles. The molecule has 0 bridgehead atoms. The Hall–Kier alpha value is -2.06. The number of benzene rings is 1. The topological polar surface area (TPSA) is 92.9 Å². The summed E-state index contributed by atoms with van der Waals surface area (Å²) in [5.74, 6) is 4.49. The third-order valence-electron chi connectivity index (χ3n) is 2.53. The lowest BCUT2D eigenvalue weighted by Crippen LogP contribution is -2.17. The number of aromatic nitrogens is 2. The predicted octanol–water partition coefficient (Wildman–Crippen LogP) is 2.22. The number of nitrogens with zero attached hydrogens (tertiary/aromatic N) is 2. The van der Waals surface area contributed by atoms with Gasteiger partial charge in [-0.25, -0.2) is 15.2 Å². The molecule has 1 aromatic carbocycles. The first-order valence-electron chi connectivity index (χ1n) is 5.57. The number of nitrogens with one attached hydrogen (secondary N) is 2. The maximum atomic E-state index is 13.5. The highest BCUT2D eigenvalue weighted by atomic mass is 79.9. The van der Waals surface area contributed by atoms with E-state index >= 15 is 0 Å². The zero-order valence-electron chi connectivity index (χ0n) is 10.4. The molecule has 104 valence electrons. The number of nitrogen functional groups attached to an aromatic ring is 1. The average Bonchev–Trinajstić information content (AvgIpc) is 2.44. The standard InChI is InChI=1S/C12H11BrFN5O/c1-6-2-7(13)8(14)3-9(6)18-12(20)10-4-16-5-11(17-10)19-15/h2-5H,15H2,1H3,(H,17,19)(H,18,20). The summed E-state index contributed by atoms with van der Waals surface area (Å²) in [6.07, 6.45) is 2.67. The van der Waals surface area contributed by atoms with E-state index in [1.54, 1.807) is 13.0 Å². The van der Waals surface area contributed by atoms with Crippen LogP contribution in [0.2, 0.25) is 0 Å². The normalized spacial score (nSPS) is 10.2. The molecule has 0 aliphatic carbocycles.